The summed E-state index contributed by atoms with van der Waals surface area (Å²) in [5.41, 5.74) is 3.22. The van der Waals surface area contributed by atoms with Gasteiger partial charge >= 0.3 is 0 Å². The minimum atomic E-state index is -0.377. The van der Waals surface area contributed by atoms with E-state index < -0.39 is 0 Å². The molecule has 0 bridgehead atoms. The molecule has 10 heteroatoms. The average Bonchev–Trinajstić information content (AvgIpc) is 3.24. The predicted octanol–water partition coefficient (Wildman–Crippen LogP) is 2.59. The van der Waals surface area contributed by atoms with Gasteiger partial charge in [0.1, 0.15) is 16.7 Å². The van der Waals surface area contributed by atoms with Gasteiger partial charge in [-0.15, -0.1) is 5.10 Å². The van der Waals surface area contributed by atoms with E-state index in [-0.39, 0.29) is 12.0 Å². The van der Waals surface area contributed by atoms with E-state index in [1.54, 1.807) is 25.1 Å². The molecule has 1 atom stereocenters. The van der Waals surface area contributed by atoms with Crippen molar-refractivity contribution in [2.24, 2.45) is 0 Å². The lowest BCUT2D eigenvalue weighted by Gasteiger charge is -2.33. The maximum absolute atomic E-state index is 13.0. The molecule has 4 rings (SSSR count). The molecule has 1 amide bonds. The zero-order chi connectivity index (χ0) is 22.0. The second kappa shape index (κ2) is 8.94. The number of aromatic nitrogens is 4. The summed E-state index contributed by atoms with van der Waals surface area (Å²) in [6.07, 6.45) is 1.43. The maximum Gasteiger partial charge on any atom is 0.267 e. The Morgan fingerprint density at radius 3 is 2.71 bits per heavy atom. The number of ether oxygens (including phenoxy) is 2. The Kier molecular flexibility index (Phi) is 6.10. The summed E-state index contributed by atoms with van der Waals surface area (Å²) in [6.45, 7) is 3.12. The third kappa shape index (κ3) is 4.35. The molecule has 0 spiro atoms. The fraction of sp³-hybridized carbons (Fsp3) is 0.381. The summed E-state index contributed by atoms with van der Waals surface area (Å²) in [5, 5.41) is 3.96. The number of methoxy groups -OCH3 is 1. The van der Waals surface area contributed by atoms with Crippen molar-refractivity contribution in [3.63, 3.8) is 0 Å². The van der Waals surface area contributed by atoms with E-state index in [0.717, 1.165) is 34.1 Å². The first kappa shape index (κ1) is 21.1. The van der Waals surface area contributed by atoms with E-state index in [1.165, 1.54) is 0 Å². The topological polar surface area (TPSA) is 93.6 Å². The SMILES string of the molecule is COc1ccc(-c2cnc(N(C)C)nc2[C@@H]2CN(C(=O)c3snnc3C)CCO2)cc1. The van der Waals surface area contributed by atoms with Gasteiger partial charge in [0.15, 0.2) is 0 Å². The molecule has 162 valence electrons. The van der Waals surface area contributed by atoms with Gasteiger partial charge in [0.25, 0.3) is 5.91 Å². The van der Waals surface area contributed by atoms with E-state index >= 15 is 0 Å². The number of hydrogen-bond acceptors (Lipinski definition) is 9. The van der Waals surface area contributed by atoms with Crippen molar-refractivity contribution in [3.05, 3.63) is 46.7 Å². The fourth-order valence-electron chi connectivity index (χ4n) is 3.41. The van der Waals surface area contributed by atoms with Crippen LogP contribution in [0.5, 0.6) is 5.75 Å². The molecule has 3 heterocycles. The van der Waals surface area contributed by atoms with Gasteiger partial charge in [-0.3, -0.25) is 4.79 Å². The number of hydrogen-bond donors (Lipinski definition) is 0. The van der Waals surface area contributed by atoms with Crippen molar-refractivity contribution in [1.82, 2.24) is 24.5 Å². The third-order valence-corrected chi connectivity index (χ3v) is 5.93. The van der Waals surface area contributed by atoms with Crippen LogP contribution < -0.4 is 9.64 Å². The van der Waals surface area contributed by atoms with E-state index in [0.29, 0.717) is 36.2 Å². The van der Waals surface area contributed by atoms with Gasteiger partial charge in [-0.05, 0) is 36.2 Å². The first-order valence-electron chi connectivity index (χ1n) is 9.86. The number of amides is 1. The highest BCUT2D eigenvalue weighted by Gasteiger charge is 2.31. The molecule has 0 aliphatic carbocycles. The Labute approximate surface area is 184 Å². The zero-order valence-electron chi connectivity index (χ0n) is 17.9. The molecule has 0 radical (unpaired) electrons. The number of nitrogens with zero attached hydrogens (tertiary/aromatic N) is 6. The van der Waals surface area contributed by atoms with Crippen LogP contribution in [-0.2, 0) is 4.74 Å². The van der Waals surface area contributed by atoms with Crippen LogP contribution in [-0.4, -0.2) is 71.3 Å². The molecule has 2 aromatic heterocycles. The van der Waals surface area contributed by atoms with Crippen LogP contribution in [0.15, 0.2) is 30.5 Å². The number of morpholine rings is 1. The Hall–Kier alpha value is -3.11. The van der Waals surface area contributed by atoms with Gasteiger partial charge in [-0.1, -0.05) is 16.6 Å². The van der Waals surface area contributed by atoms with Gasteiger partial charge in [0.05, 0.1) is 31.6 Å². The van der Waals surface area contributed by atoms with E-state index in [1.807, 2.05) is 43.3 Å². The predicted molar refractivity (Wildman–Crippen MR) is 118 cm³/mol. The summed E-state index contributed by atoms with van der Waals surface area (Å²) in [7, 11) is 5.42. The monoisotopic (exact) mass is 440 g/mol. The second-order valence-corrected chi connectivity index (χ2v) is 8.14. The van der Waals surface area contributed by atoms with E-state index in [2.05, 4.69) is 14.6 Å². The molecule has 9 nitrogen and oxygen atoms in total. The van der Waals surface area contributed by atoms with Gasteiger partial charge in [-0.25, -0.2) is 9.97 Å². The number of carbonyl (C=O) groups excluding carboxylic acids is 1. The number of anilines is 1. The molecule has 1 aliphatic rings. The number of aryl methyl sites for hydroxylation is 1. The van der Waals surface area contributed by atoms with Crippen LogP contribution in [0.3, 0.4) is 0 Å². The lowest BCUT2D eigenvalue weighted by Crippen LogP contribution is -2.42. The third-order valence-electron chi connectivity index (χ3n) is 5.11. The van der Waals surface area contributed by atoms with E-state index in [9.17, 15) is 4.79 Å². The largest absolute Gasteiger partial charge is 0.497 e. The van der Waals surface area contributed by atoms with Gasteiger partial charge in [0.2, 0.25) is 5.95 Å². The molecular formula is C21H24N6O3S. The van der Waals surface area contributed by atoms with Gasteiger partial charge < -0.3 is 19.3 Å². The molecule has 3 aromatic rings. The Morgan fingerprint density at radius 2 is 2.06 bits per heavy atom. The smallest absolute Gasteiger partial charge is 0.267 e. The standard InChI is InChI=1S/C21H24N6O3S/c1-13-19(31-25-24-13)20(28)27-9-10-30-17(12-27)18-16(11-22-21(23-18)26(2)3)14-5-7-15(29-4)8-6-14/h5-8,11,17H,9-10,12H2,1-4H3/t17-/m0/s1. The summed E-state index contributed by atoms with van der Waals surface area (Å²) < 4.78 is 15.2. The number of carbonyl (C=O) groups is 1. The molecule has 1 fully saturated rings. The Bertz CT molecular complexity index is 1070. The van der Waals surface area contributed by atoms with Crippen molar-refractivity contribution in [1.29, 1.82) is 0 Å². The van der Waals surface area contributed by atoms with Crippen LogP contribution in [0.2, 0.25) is 0 Å². The van der Waals surface area contributed by atoms with Crippen LogP contribution in [0, 0.1) is 6.92 Å². The van der Waals surface area contributed by atoms with Crippen LogP contribution in [0.4, 0.5) is 5.95 Å². The fourth-order valence-corrected chi connectivity index (χ4v) is 4.03. The second-order valence-electron chi connectivity index (χ2n) is 7.39. The van der Waals surface area contributed by atoms with Crippen molar-refractivity contribution in [3.8, 4) is 16.9 Å². The van der Waals surface area contributed by atoms with Gasteiger partial charge in [-0.2, -0.15) is 0 Å². The first-order chi connectivity index (χ1) is 15.0. The van der Waals surface area contributed by atoms with Crippen LogP contribution in [0.1, 0.15) is 27.2 Å². The highest BCUT2D eigenvalue weighted by atomic mass is 32.1. The maximum atomic E-state index is 13.0. The van der Waals surface area contributed by atoms with Crippen molar-refractivity contribution < 1.29 is 14.3 Å². The van der Waals surface area contributed by atoms with Crippen molar-refractivity contribution in [2.45, 2.75) is 13.0 Å². The molecule has 0 saturated carbocycles. The molecule has 1 aliphatic heterocycles. The first-order valence-corrected chi connectivity index (χ1v) is 10.6. The zero-order valence-corrected chi connectivity index (χ0v) is 18.7. The van der Waals surface area contributed by atoms with Crippen molar-refractivity contribution in [2.75, 3.05) is 45.8 Å². The molecule has 1 saturated heterocycles. The summed E-state index contributed by atoms with van der Waals surface area (Å²) >= 11 is 1.12. The molecule has 1 aromatic carbocycles. The summed E-state index contributed by atoms with van der Waals surface area (Å²) in [6, 6.07) is 7.73. The summed E-state index contributed by atoms with van der Waals surface area (Å²) in [4.78, 5) is 26.5. The average molecular weight is 441 g/mol. The molecule has 0 N–H and O–H groups in total. The highest BCUT2D eigenvalue weighted by molar-refractivity contribution is 7.07. The Balaban J connectivity index is 1.68. The minimum absolute atomic E-state index is 0.0753. The van der Waals surface area contributed by atoms with Crippen LogP contribution in [0.25, 0.3) is 11.1 Å². The number of benzene rings is 1. The molecular weight excluding hydrogens is 416 g/mol. The number of rotatable bonds is 5. The van der Waals surface area contributed by atoms with Crippen LogP contribution >= 0.6 is 11.5 Å². The van der Waals surface area contributed by atoms with Crippen molar-refractivity contribution >= 4 is 23.4 Å². The molecule has 0 unspecified atom stereocenters. The normalized spacial score (nSPS) is 16.3. The van der Waals surface area contributed by atoms with E-state index in [4.69, 9.17) is 14.5 Å². The summed E-state index contributed by atoms with van der Waals surface area (Å²) in [5.74, 6) is 1.28. The molecule has 31 heavy (non-hydrogen) atoms. The van der Waals surface area contributed by atoms with Gasteiger partial charge in [0, 0.05) is 32.4 Å². The Morgan fingerprint density at radius 1 is 1.29 bits per heavy atom. The quantitative estimate of drug-likeness (QED) is 0.598. The lowest BCUT2D eigenvalue weighted by molar-refractivity contribution is -0.0243. The minimum Gasteiger partial charge on any atom is -0.497 e. The lowest BCUT2D eigenvalue weighted by atomic mass is 10.0. The highest BCUT2D eigenvalue weighted by Crippen LogP contribution is 2.33.